The van der Waals surface area contributed by atoms with E-state index in [4.69, 9.17) is 4.74 Å². The Morgan fingerprint density at radius 2 is 2.07 bits per heavy atom. The first-order valence-electron chi connectivity index (χ1n) is 4.83. The van der Waals surface area contributed by atoms with Gasteiger partial charge in [0.2, 0.25) is 0 Å². The molecule has 0 amide bonds. The molecule has 0 aromatic rings. The number of carbonyl (C=O) groups is 1. The van der Waals surface area contributed by atoms with Crippen LogP contribution >= 0.6 is 24.0 Å². The Balaban J connectivity index is 0. The highest BCUT2D eigenvalue weighted by atomic mass is 127. The van der Waals surface area contributed by atoms with Gasteiger partial charge in [-0.1, -0.05) is 20.4 Å². The van der Waals surface area contributed by atoms with E-state index in [0.717, 1.165) is 19.2 Å². The summed E-state index contributed by atoms with van der Waals surface area (Å²) >= 11 is 0. The highest BCUT2D eigenvalue weighted by molar-refractivity contribution is 14.0. The van der Waals surface area contributed by atoms with Gasteiger partial charge in [0.15, 0.2) is 0 Å². The van der Waals surface area contributed by atoms with Crippen molar-refractivity contribution in [2.45, 2.75) is 20.0 Å². The Labute approximate surface area is 108 Å². The van der Waals surface area contributed by atoms with Crippen LogP contribution in [0.25, 0.3) is 0 Å². The third kappa shape index (κ3) is 8.83. The van der Waals surface area contributed by atoms with Crippen LogP contribution in [0.4, 0.5) is 0 Å². The monoisotopic (exact) mass is 329 g/mol. The zero-order valence-corrected chi connectivity index (χ0v) is 11.6. The minimum Gasteiger partial charge on any atom is -0.460 e. The summed E-state index contributed by atoms with van der Waals surface area (Å²) in [6, 6.07) is 0. The van der Waals surface area contributed by atoms with Crippen LogP contribution in [0.2, 0.25) is 0 Å². The molecule has 0 radical (unpaired) electrons. The summed E-state index contributed by atoms with van der Waals surface area (Å²) < 4.78 is 4.71. The smallest absolute Gasteiger partial charge is 0.330 e. The molecule has 15 heavy (non-hydrogen) atoms. The van der Waals surface area contributed by atoms with Gasteiger partial charge in [-0.15, -0.1) is 24.0 Å². The fourth-order valence-electron chi connectivity index (χ4n) is 1.07. The van der Waals surface area contributed by atoms with Crippen LogP contribution in [-0.2, 0) is 9.53 Å². The first-order valence-corrected chi connectivity index (χ1v) is 4.83. The van der Waals surface area contributed by atoms with Crippen LogP contribution in [0.15, 0.2) is 12.7 Å². The molecule has 0 fully saturated rings. The van der Waals surface area contributed by atoms with Crippen molar-refractivity contribution in [2.24, 2.45) is 0 Å². The van der Waals surface area contributed by atoms with Gasteiger partial charge in [-0.25, -0.2) is 4.79 Å². The number of ether oxygens (including phenoxy) is 1. The lowest BCUT2D eigenvalue weighted by Gasteiger charge is -2.21. The van der Waals surface area contributed by atoms with Gasteiger partial charge < -0.3 is 14.7 Å². The molecule has 0 rings (SSSR count). The predicted molar refractivity (Wildman–Crippen MR) is 70.4 cm³/mol. The summed E-state index contributed by atoms with van der Waals surface area (Å²) in [4.78, 5) is 12.7. The maximum absolute atomic E-state index is 10.7. The molecule has 0 aromatic carbocycles. The molecule has 0 aliphatic carbocycles. The second-order valence-electron chi connectivity index (χ2n) is 2.97. The maximum Gasteiger partial charge on any atom is 0.330 e. The number of hydrogen-bond donors (Lipinski definition) is 1. The fourth-order valence-corrected chi connectivity index (χ4v) is 1.07. The summed E-state index contributed by atoms with van der Waals surface area (Å²) in [7, 11) is 0. The topological polar surface area (TPSA) is 49.8 Å². The lowest BCUT2D eigenvalue weighted by molar-refractivity contribution is -0.141. The number of likely N-dealkylation sites (N-methyl/N-ethyl adjacent to an activating group) is 1. The summed E-state index contributed by atoms with van der Waals surface area (Å²) in [6.45, 7) is 9.62. The summed E-state index contributed by atoms with van der Waals surface area (Å²) in [5, 5.41) is 9.47. The first kappa shape index (κ1) is 17.3. The van der Waals surface area contributed by atoms with Gasteiger partial charge >= 0.3 is 5.97 Å². The van der Waals surface area contributed by atoms with Crippen LogP contribution in [0.1, 0.15) is 13.8 Å². The van der Waals surface area contributed by atoms with Gasteiger partial charge in [0.05, 0.1) is 0 Å². The van der Waals surface area contributed by atoms with E-state index >= 15 is 0 Å². The van der Waals surface area contributed by atoms with E-state index in [9.17, 15) is 9.90 Å². The zero-order valence-electron chi connectivity index (χ0n) is 9.31. The number of hydrogen-bond acceptors (Lipinski definition) is 4. The molecular weight excluding hydrogens is 309 g/mol. The third-order valence-corrected chi connectivity index (χ3v) is 1.95. The second kappa shape index (κ2) is 10.4. The molecule has 1 N–H and O–H groups in total. The van der Waals surface area contributed by atoms with Crippen LogP contribution < -0.4 is 0 Å². The summed E-state index contributed by atoms with van der Waals surface area (Å²) in [5.74, 6) is -0.497. The largest absolute Gasteiger partial charge is 0.460 e. The molecule has 4 nitrogen and oxygen atoms in total. The SMILES string of the molecule is C=CC(=O)OCC(O)CN(CC)CC.I. The average Bonchev–Trinajstić information content (AvgIpc) is 2.22. The quantitative estimate of drug-likeness (QED) is 0.431. The number of aliphatic hydroxyl groups is 1. The number of esters is 1. The Hall–Kier alpha value is -0.140. The van der Waals surface area contributed by atoms with Crippen LogP contribution in [0.5, 0.6) is 0 Å². The molecular formula is C10H20INO3. The van der Waals surface area contributed by atoms with Crippen molar-refractivity contribution in [1.29, 1.82) is 0 Å². The van der Waals surface area contributed by atoms with Gasteiger partial charge in [0.25, 0.3) is 0 Å². The van der Waals surface area contributed by atoms with Gasteiger partial charge in [-0.3, -0.25) is 0 Å². The molecule has 0 saturated heterocycles. The van der Waals surface area contributed by atoms with Crippen LogP contribution in [0, 0.1) is 0 Å². The van der Waals surface area contributed by atoms with Crippen molar-refractivity contribution in [2.75, 3.05) is 26.2 Å². The normalized spacial score (nSPS) is 11.7. The van der Waals surface area contributed by atoms with Crippen molar-refractivity contribution < 1.29 is 14.6 Å². The van der Waals surface area contributed by atoms with Crippen molar-refractivity contribution in [1.82, 2.24) is 4.90 Å². The molecule has 90 valence electrons. The van der Waals surface area contributed by atoms with E-state index in [1.54, 1.807) is 0 Å². The number of rotatable bonds is 7. The second-order valence-corrected chi connectivity index (χ2v) is 2.97. The Morgan fingerprint density at radius 1 is 1.53 bits per heavy atom. The summed E-state index contributed by atoms with van der Waals surface area (Å²) in [5.41, 5.74) is 0. The minimum absolute atomic E-state index is 0. The summed E-state index contributed by atoms with van der Waals surface area (Å²) in [6.07, 6.45) is 0.461. The highest BCUT2D eigenvalue weighted by Gasteiger charge is 2.10. The van der Waals surface area contributed by atoms with Crippen LogP contribution in [0.3, 0.4) is 0 Å². The van der Waals surface area contributed by atoms with Crippen molar-refractivity contribution >= 4 is 29.9 Å². The Bertz CT molecular complexity index is 184. The van der Waals surface area contributed by atoms with Gasteiger partial charge in [-0.05, 0) is 13.1 Å². The van der Waals surface area contributed by atoms with Crippen molar-refractivity contribution in [3.05, 3.63) is 12.7 Å². The lowest BCUT2D eigenvalue weighted by atomic mass is 10.3. The van der Waals surface area contributed by atoms with Crippen molar-refractivity contribution in [3.8, 4) is 0 Å². The highest BCUT2D eigenvalue weighted by Crippen LogP contribution is 1.93. The molecule has 1 unspecified atom stereocenters. The molecule has 0 heterocycles. The lowest BCUT2D eigenvalue weighted by Crippen LogP contribution is -2.35. The van der Waals surface area contributed by atoms with E-state index in [0.29, 0.717) is 6.54 Å². The van der Waals surface area contributed by atoms with Crippen molar-refractivity contribution in [3.63, 3.8) is 0 Å². The number of nitrogens with zero attached hydrogens (tertiary/aromatic N) is 1. The number of halogens is 1. The molecule has 0 saturated carbocycles. The molecule has 1 atom stereocenters. The zero-order chi connectivity index (χ0) is 11.0. The standard InChI is InChI=1S/C10H19NO3.HI/c1-4-10(13)14-8-9(12)7-11(5-2)6-3;/h4,9,12H,1,5-8H2,2-3H3;1H. The minimum atomic E-state index is -0.626. The first-order chi connectivity index (χ1) is 6.63. The molecule has 0 bridgehead atoms. The molecule has 0 aromatic heterocycles. The Morgan fingerprint density at radius 3 is 2.47 bits per heavy atom. The number of aliphatic hydroxyl groups excluding tert-OH is 1. The molecule has 5 heteroatoms. The fraction of sp³-hybridized carbons (Fsp3) is 0.700. The van der Waals surface area contributed by atoms with E-state index in [1.165, 1.54) is 0 Å². The maximum atomic E-state index is 10.7. The average molecular weight is 329 g/mol. The molecule has 0 spiro atoms. The van der Waals surface area contributed by atoms with E-state index in [1.807, 2.05) is 13.8 Å². The Kier molecular flexibility index (Phi) is 11.9. The predicted octanol–water partition coefficient (Wildman–Crippen LogP) is 1.04. The van der Waals surface area contributed by atoms with Gasteiger partial charge in [0, 0.05) is 12.6 Å². The number of carbonyl (C=O) groups excluding carboxylic acids is 1. The molecule has 0 aliphatic heterocycles. The van der Waals surface area contributed by atoms with E-state index in [2.05, 4.69) is 11.5 Å². The van der Waals surface area contributed by atoms with E-state index in [-0.39, 0.29) is 30.6 Å². The van der Waals surface area contributed by atoms with Gasteiger partial charge in [0.1, 0.15) is 12.7 Å². The van der Waals surface area contributed by atoms with Gasteiger partial charge in [-0.2, -0.15) is 0 Å². The van der Waals surface area contributed by atoms with E-state index < -0.39 is 12.1 Å². The van der Waals surface area contributed by atoms with Crippen LogP contribution in [-0.4, -0.2) is 48.3 Å². The third-order valence-electron chi connectivity index (χ3n) is 1.95. The molecule has 0 aliphatic rings.